The summed E-state index contributed by atoms with van der Waals surface area (Å²) in [6, 6.07) is 16.4. The van der Waals surface area contributed by atoms with Gasteiger partial charge in [0.15, 0.2) is 0 Å². The summed E-state index contributed by atoms with van der Waals surface area (Å²) < 4.78 is 32.8. The second-order valence-corrected chi connectivity index (χ2v) is 8.19. The molecule has 0 fully saturated rings. The lowest BCUT2D eigenvalue weighted by atomic mass is 10.1. The molecule has 0 unspecified atom stereocenters. The average molecular weight is 398 g/mol. The van der Waals surface area contributed by atoms with Crippen LogP contribution in [0.15, 0.2) is 65.7 Å². The first-order chi connectivity index (χ1) is 13.4. The van der Waals surface area contributed by atoms with Crippen molar-refractivity contribution in [3.8, 4) is 5.75 Å². The van der Waals surface area contributed by atoms with Crippen LogP contribution < -0.4 is 14.8 Å². The Morgan fingerprint density at radius 1 is 1.00 bits per heavy atom. The number of benzene rings is 2. The van der Waals surface area contributed by atoms with Crippen LogP contribution in [-0.4, -0.2) is 20.5 Å². The van der Waals surface area contributed by atoms with Crippen LogP contribution in [-0.2, 0) is 16.6 Å². The number of anilines is 2. The lowest BCUT2D eigenvalue weighted by Crippen LogP contribution is -2.14. The summed E-state index contributed by atoms with van der Waals surface area (Å²) in [6.07, 6.45) is 1.60. The highest BCUT2D eigenvalue weighted by Crippen LogP contribution is 2.23. The van der Waals surface area contributed by atoms with E-state index >= 15 is 0 Å². The number of sulfonamides is 1. The van der Waals surface area contributed by atoms with Gasteiger partial charge in [0.1, 0.15) is 11.6 Å². The lowest BCUT2D eigenvalue weighted by molar-refractivity contribution is 0.411. The van der Waals surface area contributed by atoms with E-state index in [-0.39, 0.29) is 10.7 Å². The molecule has 0 saturated carbocycles. The number of hydrogen-bond donors (Lipinski definition) is 2. The monoisotopic (exact) mass is 397 g/mol. The standard InChI is InChI=1S/C21H23N3O3S/c1-15-4-6-17(7-5-15)13-22-18-8-11-21(23-14-18)24-28(25,26)19-9-10-20(27-3)16(2)12-19/h4-12,14,22H,13H2,1-3H3,(H,23,24). The van der Waals surface area contributed by atoms with Crippen LogP contribution in [0.4, 0.5) is 11.5 Å². The quantitative estimate of drug-likeness (QED) is 0.627. The molecular weight excluding hydrogens is 374 g/mol. The molecular formula is C21H23N3O3S. The molecule has 0 aliphatic heterocycles. The van der Waals surface area contributed by atoms with Gasteiger partial charge in [-0.05, 0) is 55.3 Å². The summed E-state index contributed by atoms with van der Waals surface area (Å²) in [4.78, 5) is 4.36. The minimum Gasteiger partial charge on any atom is -0.496 e. The smallest absolute Gasteiger partial charge is 0.263 e. The van der Waals surface area contributed by atoms with Gasteiger partial charge >= 0.3 is 0 Å². The Balaban J connectivity index is 1.66. The molecule has 28 heavy (non-hydrogen) atoms. The normalized spacial score (nSPS) is 11.1. The first-order valence-electron chi connectivity index (χ1n) is 8.80. The van der Waals surface area contributed by atoms with Crippen molar-refractivity contribution in [2.24, 2.45) is 0 Å². The Kier molecular flexibility index (Phi) is 5.84. The molecule has 2 N–H and O–H groups in total. The maximum atomic E-state index is 12.6. The van der Waals surface area contributed by atoms with Crippen molar-refractivity contribution in [3.05, 3.63) is 77.5 Å². The second-order valence-electron chi connectivity index (χ2n) is 6.51. The fourth-order valence-electron chi connectivity index (χ4n) is 2.68. The molecule has 0 aliphatic rings. The molecule has 0 spiro atoms. The number of hydrogen-bond acceptors (Lipinski definition) is 5. The zero-order valence-electron chi connectivity index (χ0n) is 16.1. The molecule has 3 aromatic rings. The zero-order valence-corrected chi connectivity index (χ0v) is 16.9. The summed E-state index contributed by atoms with van der Waals surface area (Å²) in [6.45, 7) is 4.51. The summed E-state index contributed by atoms with van der Waals surface area (Å²) in [5, 5.41) is 3.27. The van der Waals surface area contributed by atoms with E-state index in [0.717, 1.165) is 16.8 Å². The minimum absolute atomic E-state index is 0.161. The first kappa shape index (κ1) is 19.7. The van der Waals surface area contributed by atoms with Gasteiger partial charge in [-0.1, -0.05) is 29.8 Å². The molecule has 1 aromatic heterocycles. The molecule has 0 bridgehead atoms. The molecule has 0 atom stereocenters. The first-order valence-corrected chi connectivity index (χ1v) is 10.3. The van der Waals surface area contributed by atoms with Gasteiger partial charge < -0.3 is 10.1 Å². The van der Waals surface area contributed by atoms with Gasteiger partial charge in [0.25, 0.3) is 10.0 Å². The zero-order chi connectivity index (χ0) is 20.1. The van der Waals surface area contributed by atoms with Gasteiger partial charge in [-0.15, -0.1) is 0 Å². The number of ether oxygens (including phenoxy) is 1. The molecule has 6 nitrogen and oxygen atoms in total. The SMILES string of the molecule is COc1ccc(S(=O)(=O)Nc2ccc(NCc3ccc(C)cc3)cn2)cc1C. The van der Waals surface area contributed by atoms with Crippen LogP contribution >= 0.6 is 0 Å². The molecule has 0 radical (unpaired) electrons. The Labute approximate surface area is 165 Å². The Hall–Kier alpha value is -3.06. The third-order valence-corrected chi connectivity index (χ3v) is 5.65. The summed E-state index contributed by atoms with van der Waals surface area (Å²) in [5.74, 6) is 0.899. The topological polar surface area (TPSA) is 80.3 Å². The van der Waals surface area contributed by atoms with E-state index < -0.39 is 10.0 Å². The maximum Gasteiger partial charge on any atom is 0.263 e. The van der Waals surface area contributed by atoms with Gasteiger partial charge in [0.05, 0.1) is 23.9 Å². The van der Waals surface area contributed by atoms with Crippen LogP contribution in [0.25, 0.3) is 0 Å². The predicted octanol–water partition coefficient (Wildman–Crippen LogP) is 4.12. The summed E-state index contributed by atoms with van der Waals surface area (Å²) in [5.41, 5.74) is 3.93. The third-order valence-electron chi connectivity index (χ3n) is 4.30. The van der Waals surface area contributed by atoms with Gasteiger partial charge in [0.2, 0.25) is 0 Å². The van der Waals surface area contributed by atoms with Crippen LogP contribution in [0.2, 0.25) is 0 Å². The Morgan fingerprint density at radius 3 is 2.36 bits per heavy atom. The average Bonchev–Trinajstić information content (AvgIpc) is 2.68. The van der Waals surface area contributed by atoms with Gasteiger partial charge in [0, 0.05) is 6.54 Å². The van der Waals surface area contributed by atoms with E-state index in [1.807, 2.05) is 6.92 Å². The van der Waals surface area contributed by atoms with Crippen molar-refractivity contribution < 1.29 is 13.2 Å². The van der Waals surface area contributed by atoms with Crippen LogP contribution in [0.5, 0.6) is 5.75 Å². The van der Waals surface area contributed by atoms with E-state index in [1.54, 1.807) is 44.5 Å². The lowest BCUT2D eigenvalue weighted by Gasteiger charge is -2.11. The van der Waals surface area contributed by atoms with Crippen LogP contribution in [0.3, 0.4) is 0 Å². The fourth-order valence-corrected chi connectivity index (χ4v) is 3.78. The highest BCUT2D eigenvalue weighted by molar-refractivity contribution is 7.92. The number of aryl methyl sites for hydroxylation is 2. The minimum atomic E-state index is -3.72. The van der Waals surface area contributed by atoms with E-state index in [4.69, 9.17) is 4.74 Å². The number of nitrogens with one attached hydrogen (secondary N) is 2. The number of nitrogens with zero attached hydrogens (tertiary/aromatic N) is 1. The number of methoxy groups -OCH3 is 1. The highest BCUT2D eigenvalue weighted by atomic mass is 32.2. The van der Waals surface area contributed by atoms with E-state index in [1.165, 1.54) is 11.6 Å². The molecule has 2 aromatic carbocycles. The van der Waals surface area contributed by atoms with Crippen molar-refractivity contribution in [2.45, 2.75) is 25.3 Å². The molecule has 146 valence electrons. The molecule has 3 rings (SSSR count). The van der Waals surface area contributed by atoms with Crippen LogP contribution in [0.1, 0.15) is 16.7 Å². The van der Waals surface area contributed by atoms with Crippen molar-refractivity contribution in [2.75, 3.05) is 17.1 Å². The third kappa shape index (κ3) is 4.80. The van der Waals surface area contributed by atoms with Gasteiger partial charge in [-0.25, -0.2) is 13.4 Å². The second kappa shape index (κ2) is 8.31. The van der Waals surface area contributed by atoms with Gasteiger partial charge in [-0.2, -0.15) is 0 Å². The number of aromatic nitrogens is 1. The van der Waals surface area contributed by atoms with Crippen LogP contribution in [0, 0.1) is 13.8 Å². The van der Waals surface area contributed by atoms with E-state index in [9.17, 15) is 8.42 Å². The Bertz CT molecular complexity index is 1050. The molecule has 0 aliphatic carbocycles. The van der Waals surface area contributed by atoms with Crippen molar-refractivity contribution in [1.29, 1.82) is 0 Å². The summed E-state index contributed by atoms with van der Waals surface area (Å²) >= 11 is 0. The van der Waals surface area contributed by atoms with Crippen molar-refractivity contribution >= 4 is 21.5 Å². The van der Waals surface area contributed by atoms with Crippen molar-refractivity contribution in [3.63, 3.8) is 0 Å². The predicted molar refractivity (Wildman–Crippen MR) is 111 cm³/mol. The highest BCUT2D eigenvalue weighted by Gasteiger charge is 2.16. The molecule has 1 heterocycles. The number of rotatable bonds is 7. The number of pyridine rings is 1. The van der Waals surface area contributed by atoms with E-state index in [2.05, 4.69) is 39.3 Å². The summed E-state index contributed by atoms with van der Waals surface area (Å²) in [7, 11) is -2.17. The van der Waals surface area contributed by atoms with Gasteiger partial charge in [-0.3, -0.25) is 4.72 Å². The molecule has 0 saturated heterocycles. The molecule has 0 amide bonds. The fraction of sp³-hybridized carbons (Fsp3) is 0.190. The largest absolute Gasteiger partial charge is 0.496 e. The maximum absolute atomic E-state index is 12.6. The molecule has 7 heteroatoms. The van der Waals surface area contributed by atoms with E-state index in [0.29, 0.717) is 12.3 Å². The Morgan fingerprint density at radius 2 is 1.75 bits per heavy atom. The van der Waals surface area contributed by atoms with Crippen molar-refractivity contribution in [1.82, 2.24) is 4.98 Å².